The first-order valence-corrected chi connectivity index (χ1v) is 12.7. The summed E-state index contributed by atoms with van der Waals surface area (Å²) in [6.07, 6.45) is 4.18. The fourth-order valence-electron chi connectivity index (χ4n) is 4.37. The second-order valence-corrected chi connectivity index (χ2v) is 10.0. The normalized spacial score (nSPS) is 14.5. The van der Waals surface area contributed by atoms with Crippen molar-refractivity contribution in [2.24, 2.45) is 0 Å². The van der Waals surface area contributed by atoms with Crippen LogP contribution in [0.25, 0.3) is 0 Å². The Morgan fingerprint density at radius 2 is 1.79 bits per heavy atom. The predicted molar refractivity (Wildman–Crippen MR) is 137 cm³/mol. The summed E-state index contributed by atoms with van der Waals surface area (Å²) in [4.78, 5) is 42.0. The Morgan fingerprint density at radius 1 is 1.06 bits per heavy atom. The van der Waals surface area contributed by atoms with E-state index < -0.39 is 6.04 Å². The van der Waals surface area contributed by atoms with Crippen molar-refractivity contribution >= 4 is 46.2 Å². The van der Waals surface area contributed by atoms with E-state index in [9.17, 15) is 14.4 Å². The summed E-state index contributed by atoms with van der Waals surface area (Å²) in [7, 11) is 0. The third-order valence-corrected chi connectivity index (χ3v) is 7.23. The van der Waals surface area contributed by atoms with E-state index in [0.717, 1.165) is 30.6 Å². The number of thiophene rings is 1. The zero-order valence-corrected chi connectivity index (χ0v) is 20.6. The van der Waals surface area contributed by atoms with Crippen LogP contribution in [0.5, 0.6) is 0 Å². The van der Waals surface area contributed by atoms with Gasteiger partial charge in [-0.1, -0.05) is 54.8 Å². The number of anilines is 1. The Bertz CT molecular complexity index is 1150. The van der Waals surface area contributed by atoms with Crippen molar-refractivity contribution in [1.29, 1.82) is 0 Å². The van der Waals surface area contributed by atoms with Gasteiger partial charge in [-0.3, -0.25) is 19.3 Å². The van der Waals surface area contributed by atoms with Crippen molar-refractivity contribution < 1.29 is 14.4 Å². The highest BCUT2D eigenvalue weighted by Crippen LogP contribution is 2.31. The number of halogens is 1. The van der Waals surface area contributed by atoms with Crippen LogP contribution in [0, 0.1) is 0 Å². The van der Waals surface area contributed by atoms with Gasteiger partial charge in [0.2, 0.25) is 11.8 Å². The average molecular weight is 495 g/mol. The third kappa shape index (κ3) is 5.75. The molecule has 1 atom stereocenters. The van der Waals surface area contributed by atoms with E-state index in [4.69, 9.17) is 11.6 Å². The van der Waals surface area contributed by atoms with Gasteiger partial charge in [-0.2, -0.15) is 0 Å². The fourth-order valence-corrected chi connectivity index (χ4v) is 5.19. The van der Waals surface area contributed by atoms with Crippen molar-refractivity contribution in [3.63, 3.8) is 0 Å². The molecule has 0 radical (unpaired) electrons. The van der Waals surface area contributed by atoms with E-state index in [-0.39, 0.29) is 30.1 Å². The lowest BCUT2D eigenvalue weighted by Gasteiger charge is -2.32. The molecular formula is C27H27ClN2O3S. The number of amides is 2. The van der Waals surface area contributed by atoms with Crippen molar-refractivity contribution in [2.45, 2.75) is 51.1 Å². The first-order chi connectivity index (χ1) is 16.4. The number of hydrogen-bond acceptors (Lipinski definition) is 4. The van der Waals surface area contributed by atoms with Crippen LogP contribution in [0.4, 0.5) is 5.69 Å². The minimum absolute atomic E-state index is 0.0973. The van der Waals surface area contributed by atoms with Crippen LogP contribution in [0.15, 0.2) is 66.0 Å². The molecule has 1 N–H and O–H groups in total. The molecule has 0 saturated heterocycles. The molecule has 4 rings (SSSR count). The Kier molecular flexibility index (Phi) is 7.80. The smallest absolute Gasteiger partial charge is 0.248 e. The van der Waals surface area contributed by atoms with Gasteiger partial charge in [0.1, 0.15) is 6.04 Å². The van der Waals surface area contributed by atoms with E-state index in [1.165, 1.54) is 23.2 Å². The quantitative estimate of drug-likeness (QED) is 0.392. The summed E-state index contributed by atoms with van der Waals surface area (Å²) in [5, 5.41) is 5.64. The molecule has 1 fully saturated rings. The lowest BCUT2D eigenvalue weighted by Crippen LogP contribution is -2.46. The van der Waals surface area contributed by atoms with Crippen LogP contribution in [-0.2, 0) is 16.0 Å². The third-order valence-electron chi connectivity index (χ3n) is 6.10. The molecule has 1 heterocycles. The van der Waals surface area contributed by atoms with E-state index in [1.807, 2.05) is 17.5 Å². The number of carbonyl (C=O) groups is 3. The first kappa shape index (κ1) is 24.2. The summed E-state index contributed by atoms with van der Waals surface area (Å²) >= 11 is 7.62. The van der Waals surface area contributed by atoms with Crippen LogP contribution in [-0.4, -0.2) is 23.6 Å². The SMILES string of the molecule is CC(=O)c1cccc(N(C(=O)Cc2cccs2)C(C(=O)NC2CCCC2)c2ccc(Cl)cc2)c1. The van der Waals surface area contributed by atoms with E-state index in [0.29, 0.717) is 21.8 Å². The summed E-state index contributed by atoms with van der Waals surface area (Å²) in [5.41, 5.74) is 1.65. The monoisotopic (exact) mass is 494 g/mol. The molecule has 7 heteroatoms. The molecule has 2 aromatic carbocycles. The van der Waals surface area contributed by atoms with E-state index in [2.05, 4.69) is 5.32 Å². The Hall–Kier alpha value is -2.96. The van der Waals surface area contributed by atoms with Crippen LogP contribution in [0.3, 0.4) is 0 Å². The molecule has 2 amide bonds. The standard InChI is InChI=1S/C27H27ClN2O3S/c1-18(31)20-6-4-9-23(16-20)30(25(32)17-24-10-5-15-34-24)26(19-11-13-21(28)14-12-19)27(33)29-22-7-2-3-8-22/h4-6,9-16,22,26H,2-3,7-8,17H2,1H3,(H,29,33). The van der Waals surface area contributed by atoms with Gasteiger partial charge >= 0.3 is 0 Å². The van der Waals surface area contributed by atoms with E-state index >= 15 is 0 Å². The van der Waals surface area contributed by atoms with Crippen molar-refractivity contribution in [1.82, 2.24) is 5.32 Å². The largest absolute Gasteiger partial charge is 0.351 e. The van der Waals surface area contributed by atoms with E-state index in [1.54, 1.807) is 48.5 Å². The second-order valence-electron chi connectivity index (χ2n) is 8.57. The highest BCUT2D eigenvalue weighted by Gasteiger charge is 2.34. The van der Waals surface area contributed by atoms with Gasteiger partial charge in [-0.05, 0) is 61.0 Å². The maximum Gasteiger partial charge on any atom is 0.248 e. The number of carbonyl (C=O) groups excluding carboxylic acids is 3. The number of benzene rings is 2. The predicted octanol–water partition coefficient (Wildman–Crippen LogP) is 5.98. The van der Waals surface area contributed by atoms with Gasteiger partial charge < -0.3 is 5.32 Å². The van der Waals surface area contributed by atoms with Crippen LogP contribution < -0.4 is 10.2 Å². The molecule has 5 nitrogen and oxygen atoms in total. The molecular weight excluding hydrogens is 468 g/mol. The van der Waals surface area contributed by atoms with Crippen LogP contribution >= 0.6 is 22.9 Å². The lowest BCUT2D eigenvalue weighted by molar-refractivity contribution is -0.127. The van der Waals surface area contributed by atoms with Gasteiger partial charge in [-0.15, -0.1) is 11.3 Å². The topological polar surface area (TPSA) is 66.5 Å². The fraction of sp³-hybridized carbons (Fsp3) is 0.296. The minimum Gasteiger partial charge on any atom is -0.351 e. The summed E-state index contributed by atoms with van der Waals surface area (Å²) in [6.45, 7) is 1.49. The number of nitrogens with zero attached hydrogens (tertiary/aromatic N) is 1. The Morgan fingerprint density at radius 3 is 2.44 bits per heavy atom. The average Bonchev–Trinajstić information content (AvgIpc) is 3.52. The van der Waals surface area contributed by atoms with Crippen molar-refractivity contribution in [2.75, 3.05) is 4.90 Å². The molecule has 3 aromatic rings. The molecule has 1 aromatic heterocycles. The van der Waals surface area contributed by atoms with Gasteiger partial charge in [0, 0.05) is 27.2 Å². The lowest BCUT2D eigenvalue weighted by atomic mass is 10.0. The van der Waals surface area contributed by atoms with Gasteiger partial charge in [0.25, 0.3) is 0 Å². The molecule has 176 valence electrons. The van der Waals surface area contributed by atoms with Gasteiger partial charge in [-0.25, -0.2) is 0 Å². The molecule has 1 saturated carbocycles. The summed E-state index contributed by atoms with van der Waals surface area (Å²) < 4.78 is 0. The molecule has 1 unspecified atom stereocenters. The maximum atomic E-state index is 13.8. The van der Waals surface area contributed by atoms with Crippen molar-refractivity contribution in [3.05, 3.63) is 87.1 Å². The number of rotatable bonds is 8. The first-order valence-electron chi connectivity index (χ1n) is 11.4. The van der Waals surface area contributed by atoms with Crippen LogP contribution in [0.1, 0.15) is 59.4 Å². The minimum atomic E-state index is -0.896. The number of hydrogen-bond donors (Lipinski definition) is 1. The van der Waals surface area contributed by atoms with Gasteiger partial charge in [0.05, 0.1) is 6.42 Å². The number of Topliss-reactive ketones (excluding diaryl/α,β-unsaturated/α-hetero) is 1. The number of ketones is 1. The maximum absolute atomic E-state index is 13.8. The van der Waals surface area contributed by atoms with Crippen molar-refractivity contribution in [3.8, 4) is 0 Å². The summed E-state index contributed by atoms with van der Waals surface area (Å²) in [5.74, 6) is -0.558. The Balaban J connectivity index is 1.79. The molecule has 0 spiro atoms. The number of nitrogens with one attached hydrogen (secondary N) is 1. The van der Waals surface area contributed by atoms with Crippen LogP contribution in [0.2, 0.25) is 5.02 Å². The zero-order valence-electron chi connectivity index (χ0n) is 19.0. The molecule has 34 heavy (non-hydrogen) atoms. The Labute approximate surface area is 208 Å². The molecule has 0 bridgehead atoms. The highest BCUT2D eigenvalue weighted by molar-refractivity contribution is 7.10. The second kappa shape index (κ2) is 11.0. The van der Waals surface area contributed by atoms with Gasteiger partial charge in [0.15, 0.2) is 5.78 Å². The zero-order chi connectivity index (χ0) is 24.1. The molecule has 1 aliphatic carbocycles. The highest BCUT2D eigenvalue weighted by atomic mass is 35.5. The molecule has 1 aliphatic rings. The molecule has 0 aliphatic heterocycles. The summed E-state index contributed by atoms with van der Waals surface area (Å²) in [6, 6.07) is 16.9.